The quantitative estimate of drug-likeness (QED) is 0.300. The third kappa shape index (κ3) is 6.88. The molecule has 4 bridgehead atoms. The minimum Gasteiger partial charge on any atom is -0.392 e. The Morgan fingerprint density at radius 2 is 1.55 bits per heavy atom. The van der Waals surface area contributed by atoms with Gasteiger partial charge in [-0.2, -0.15) is 0 Å². The first-order chi connectivity index (χ1) is 23.0. The lowest BCUT2D eigenvalue weighted by atomic mass is 9.53. The lowest BCUT2D eigenvalue weighted by Crippen LogP contribution is -2.60. The average Bonchev–Trinajstić information content (AvgIpc) is 3.08. The molecule has 4 saturated carbocycles. The number of carbonyl (C=O) groups excluding carboxylic acids is 1. The maximum absolute atomic E-state index is 13.3. The number of aliphatic hydroxyl groups excluding tert-OH is 1. The van der Waals surface area contributed by atoms with E-state index in [0.717, 1.165) is 104 Å². The van der Waals surface area contributed by atoms with E-state index in [2.05, 4.69) is 30.4 Å². The first kappa shape index (κ1) is 30.7. The Kier molecular flexibility index (Phi) is 8.60. The maximum Gasteiger partial charge on any atom is 0.319 e. The number of amides is 2. The Morgan fingerprint density at radius 1 is 0.851 bits per heavy atom. The van der Waals surface area contributed by atoms with Gasteiger partial charge in [0.05, 0.1) is 18.8 Å². The fourth-order valence-electron chi connectivity index (χ4n) is 9.34. The van der Waals surface area contributed by atoms with E-state index in [9.17, 15) is 9.90 Å². The number of ether oxygens (including phenoxy) is 2. The first-order valence-electron chi connectivity index (χ1n) is 17.4. The van der Waals surface area contributed by atoms with Crippen molar-refractivity contribution in [1.82, 2.24) is 20.2 Å². The van der Waals surface area contributed by atoms with Gasteiger partial charge in [-0.15, -0.1) is 0 Å². The van der Waals surface area contributed by atoms with Crippen molar-refractivity contribution in [2.75, 3.05) is 42.9 Å². The summed E-state index contributed by atoms with van der Waals surface area (Å²) in [5, 5.41) is 16.1. The summed E-state index contributed by atoms with van der Waals surface area (Å²) in [5.41, 5.74) is 3.51. The third-order valence-corrected chi connectivity index (χ3v) is 11.1. The van der Waals surface area contributed by atoms with Crippen molar-refractivity contribution in [2.45, 2.75) is 75.6 Å². The van der Waals surface area contributed by atoms with Crippen LogP contribution in [0.5, 0.6) is 0 Å². The van der Waals surface area contributed by atoms with Crippen LogP contribution in [0.15, 0.2) is 67.0 Å². The van der Waals surface area contributed by atoms with Gasteiger partial charge in [0.1, 0.15) is 0 Å². The molecule has 2 amide bonds. The van der Waals surface area contributed by atoms with Gasteiger partial charge in [-0.3, -0.25) is 4.90 Å². The minimum atomic E-state index is -0.580. The lowest BCUT2D eigenvalue weighted by Gasteiger charge is -2.56. The molecule has 3 aromatic rings. The second-order valence-corrected chi connectivity index (χ2v) is 14.6. The number of carbonyl (C=O) groups is 1. The molecule has 248 valence electrons. The zero-order valence-corrected chi connectivity index (χ0v) is 27.0. The van der Waals surface area contributed by atoms with Crippen LogP contribution < -0.4 is 15.5 Å². The number of urea groups is 1. The van der Waals surface area contributed by atoms with Gasteiger partial charge in [-0.1, -0.05) is 36.4 Å². The van der Waals surface area contributed by atoms with Gasteiger partial charge in [0, 0.05) is 68.3 Å². The molecule has 3 N–H and O–H groups in total. The summed E-state index contributed by atoms with van der Waals surface area (Å²) in [6.45, 7) is 4.33. The fourth-order valence-corrected chi connectivity index (χ4v) is 9.34. The zero-order valence-electron chi connectivity index (χ0n) is 27.0. The number of hydrogen-bond acceptors (Lipinski definition) is 8. The predicted octanol–water partition coefficient (Wildman–Crippen LogP) is 5.43. The molecule has 6 aliphatic rings. The van der Waals surface area contributed by atoms with Crippen LogP contribution in [0.4, 0.5) is 16.4 Å². The van der Waals surface area contributed by atoms with E-state index in [0.29, 0.717) is 0 Å². The summed E-state index contributed by atoms with van der Waals surface area (Å²) in [6, 6.07) is 17.6. The molecule has 9 rings (SSSR count). The average molecular weight is 639 g/mol. The Hall–Kier alpha value is -3.57. The van der Waals surface area contributed by atoms with Crippen molar-refractivity contribution in [3.8, 4) is 0 Å². The number of hydrogen-bond donors (Lipinski definition) is 3. The van der Waals surface area contributed by atoms with E-state index in [-0.39, 0.29) is 30.4 Å². The summed E-state index contributed by atoms with van der Waals surface area (Å²) in [5.74, 6) is 3.09. The summed E-state index contributed by atoms with van der Waals surface area (Å²) in [4.78, 5) is 26.9. The van der Waals surface area contributed by atoms with Gasteiger partial charge < -0.3 is 30.1 Å². The SMILES string of the molecule is O=C(Nc1cccc([C@@H]2O[C@H](CN3CCN(c4ncccn4)CC3)C[C@H](c3ccc(CO)cc3)O2)c1)NC12CC3CC(CC(C3)C1)C2. The summed E-state index contributed by atoms with van der Waals surface area (Å²) in [6.07, 6.45) is 10.9. The molecule has 3 atom stereocenters. The van der Waals surface area contributed by atoms with Crippen molar-refractivity contribution in [3.63, 3.8) is 0 Å². The summed E-state index contributed by atoms with van der Waals surface area (Å²) >= 11 is 0. The van der Waals surface area contributed by atoms with Crippen LogP contribution in [-0.4, -0.2) is 70.4 Å². The normalized spacial score (nSPS) is 31.9. The molecule has 6 fully saturated rings. The Balaban J connectivity index is 0.948. The van der Waals surface area contributed by atoms with Crippen LogP contribution >= 0.6 is 0 Å². The highest BCUT2D eigenvalue weighted by molar-refractivity contribution is 5.90. The number of rotatable bonds is 8. The van der Waals surface area contributed by atoms with Gasteiger partial charge in [0.2, 0.25) is 5.95 Å². The number of benzene rings is 2. The summed E-state index contributed by atoms with van der Waals surface area (Å²) in [7, 11) is 0. The van der Waals surface area contributed by atoms with Crippen molar-refractivity contribution >= 4 is 17.7 Å². The number of nitrogens with one attached hydrogen (secondary N) is 2. The number of piperazine rings is 1. The number of aromatic nitrogens is 2. The van der Waals surface area contributed by atoms with E-state index < -0.39 is 6.29 Å². The molecule has 47 heavy (non-hydrogen) atoms. The standard InChI is InChI=1S/C37H46N6O4/c44-24-25-5-7-29(8-6-25)33-19-32(23-42-11-13-43(14-12-42)35-38-9-2-10-39-35)46-34(47-33)30-3-1-4-31(18-30)40-36(45)41-37-20-26-15-27(21-37)17-28(16-26)22-37/h1-10,18,26-28,32-34,44H,11-17,19-24H2,(H2,40,41,45)/t26?,27?,28?,32-,33+,34+,37?/m0/s1. The molecule has 3 heterocycles. The number of anilines is 2. The van der Waals surface area contributed by atoms with Crippen molar-refractivity contribution in [2.24, 2.45) is 17.8 Å². The van der Waals surface area contributed by atoms with E-state index in [4.69, 9.17) is 9.47 Å². The second-order valence-electron chi connectivity index (χ2n) is 14.6. The minimum absolute atomic E-state index is 0.0103. The Morgan fingerprint density at radius 3 is 2.23 bits per heavy atom. The van der Waals surface area contributed by atoms with E-state index in [1.165, 1.54) is 19.3 Å². The van der Waals surface area contributed by atoms with Gasteiger partial charge in [-0.25, -0.2) is 14.8 Å². The Labute approximate surface area is 276 Å². The van der Waals surface area contributed by atoms with Gasteiger partial charge in [0.25, 0.3) is 0 Å². The molecule has 2 saturated heterocycles. The molecular weight excluding hydrogens is 592 g/mol. The summed E-state index contributed by atoms with van der Waals surface area (Å²) < 4.78 is 13.3. The van der Waals surface area contributed by atoms with Gasteiger partial charge in [0.15, 0.2) is 6.29 Å². The number of nitrogens with zero attached hydrogens (tertiary/aromatic N) is 4. The van der Waals surface area contributed by atoms with Gasteiger partial charge >= 0.3 is 6.03 Å². The third-order valence-electron chi connectivity index (χ3n) is 11.1. The van der Waals surface area contributed by atoms with Crippen molar-refractivity contribution < 1.29 is 19.4 Å². The van der Waals surface area contributed by atoms with E-state index in [1.807, 2.05) is 54.6 Å². The molecule has 4 aliphatic carbocycles. The maximum atomic E-state index is 13.3. The van der Waals surface area contributed by atoms with E-state index >= 15 is 0 Å². The smallest absolute Gasteiger partial charge is 0.319 e. The van der Waals surface area contributed by atoms with Crippen molar-refractivity contribution in [1.29, 1.82) is 0 Å². The topological polar surface area (TPSA) is 112 Å². The van der Waals surface area contributed by atoms with Gasteiger partial charge in [-0.05, 0) is 85.6 Å². The number of aliphatic hydroxyl groups is 1. The molecule has 1 aromatic heterocycles. The first-order valence-corrected chi connectivity index (χ1v) is 17.4. The Bertz CT molecular complexity index is 1490. The van der Waals surface area contributed by atoms with Crippen LogP contribution in [0.2, 0.25) is 0 Å². The fraction of sp³-hybridized carbons (Fsp3) is 0.541. The molecule has 2 aliphatic heterocycles. The molecule has 10 heteroatoms. The van der Waals surface area contributed by atoms with Crippen LogP contribution in [-0.2, 0) is 16.1 Å². The molecular formula is C37H46N6O4. The van der Waals surface area contributed by atoms with Crippen LogP contribution in [0.3, 0.4) is 0 Å². The lowest BCUT2D eigenvalue weighted by molar-refractivity contribution is -0.253. The molecule has 0 unspecified atom stereocenters. The molecule has 0 spiro atoms. The molecule has 0 radical (unpaired) electrons. The second kappa shape index (κ2) is 13.1. The highest BCUT2D eigenvalue weighted by Gasteiger charge is 2.51. The predicted molar refractivity (Wildman–Crippen MR) is 179 cm³/mol. The zero-order chi connectivity index (χ0) is 31.8. The molecule has 10 nitrogen and oxygen atoms in total. The van der Waals surface area contributed by atoms with E-state index in [1.54, 1.807) is 12.4 Å². The van der Waals surface area contributed by atoms with Crippen LogP contribution in [0.1, 0.15) is 74.0 Å². The monoisotopic (exact) mass is 638 g/mol. The highest BCUT2D eigenvalue weighted by atomic mass is 16.7. The van der Waals surface area contributed by atoms with Crippen LogP contribution in [0, 0.1) is 17.8 Å². The largest absolute Gasteiger partial charge is 0.392 e. The van der Waals surface area contributed by atoms with Crippen molar-refractivity contribution in [3.05, 3.63) is 83.7 Å². The molecule has 2 aromatic carbocycles. The van der Waals surface area contributed by atoms with Crippen LogP contribution in [0.25, 0.3) is 0 Å². The highest BCUT2D eigenvalue weighted by Crippen LogP contribution is 2.55.